The van der Waals surface area contributed by atoms with E-state index in [2.05, 4.69) is 24.3 Å². The van der Waals surface area contributed by atoms with Gasteiger partial charge >= 0.3 is 0 Å². The summed E-state index contributed by atoms with van der Waals surface area (Å²) in [7, 11) is 0. The molecule has 0 nitrogen and oxygen atoms in total. The molecule has 1 saturated carbocycles. The van der Waals surface area contributed by atoms with Crippen LogP contribution in [0.1, 0.15) is 12.8 Å². The van der Waals surface area contributed by atoms with Crippen LogP contribution in [0, 0.1) is 11.8 Å². The van der Waals surface area contributed by atoms with Gasteiger partial charge in [-0.2, -0.15) is 0 Å². The first kappa shape index (κ1) is 4.95. The highest BCUT2D eigenvalue weighted by Gasteiger charge is 2.36. The third-order valence-corrected chi connectivity index (χ3v) is 2.89. The van der Waals surface area contributed by atoms with E-state index in [9.17, 15) is 0 Å². The van der Waals surface area contributed by atoms with Crippen LogP contribution in [-0.2, 0) is 0 Å². The average molecular weight is 130 g/mol. The van der Waals surface area contributed by atoms with E-state index in [1.807, 2.05) is 0 Å². The van der Waals surface area contributed by atoms with Gasteiger partial charge in [-0.05, 0) is 24.0 Å². The molecule has 3 rings (SSSR count). The van der Waals surface area contributed by atoms with Crippen molar-refractivity contribution in [3.8, 4) is 0 Å². The number of rotatable bonds is 0. The van der Waals surface area contributed by atoms with Crippen molar-refractivity contribution < 1.29 is 0 Å². The molecule has 0 aromatic carbocycles. The second-order valence-corrected chi connectivity index (χ2v) is 3.39. The van der Waals surface area contributed by atoms with Gasteiger partial charge in [0.1, 0.15) is 0 Å². The van der Waals surface area contributed by atoms with Gasteiger partial charge in [0.15, 0.2) is 0 Å². The van der Waals surface area contributed by atoms with Gasteiger partial charge in [0.05, 0.1) is 0 Å². The predicted octanol–water partition coefficient (Wildman–Crippen LogP) is 2.45. The minimum absolute atomic E-state index is 0.804. The van der Waals surface area contributed by atoms with Gasteiger partial charge in [-0.3, -0.25) is 0 Å². The molecule has 0 N–H and O–H groups in total. The summed E-state index contributed by atoms with van der Waals surface area (Å²) in [5, 5.41) is 0. The van der Waals surface area contributed by atoms with E-state index in [1.54, 1.807) is 11.1 Å². The van der Waals surface area contributed by atoms with Crippen molar-refractivity contribution >= 4 is 0 Å². The maximum Gasteiger partial charge on any atom is 0.00267 e. The zero-order chi connectivity index (χ0) is 6.55. The van der Waals surface area contributed by atoms with Crippen LogP contribution in [0.3, 0.4) is 0 Å². The molecule has 50 valence electrons. The Morgan fingerprint density at radius 2 is 1.60 bits per heavy atom. The summed E-state index contributed by atoms with van der Waals surface area (Å²) < 4.78 is 0. The van der Waals surface area contributed by atoms with Crippen molar-refractivity contribution in [2.24, 2.45) is 11.8 Å². The summed E-state index contributed by atoms with van der Waals surface area (Å²) in [6, 6.07) is 0. The Kier molecular flexibility index (Phi) is 0.715. The molecule has 0 aromatic heterocycles. The first-order valence-corrected chi connectivity index (χ1v) is 4.04. The largest absolute Gasteiger partial charge is 0.0804 e. The molecule has 0 spiro atoms. The molecule has 0 aromatic rings. The van der Waals surface area contributed by atoms with E-state index in [0.29, 0.717) is 0 Å². The fraction of sp³-hybridized carbons (Fsp3) is 0.400. The van der Waals surface area contributed by atoms with Gasteiger partial charge in [0, 0.05) is 11.8 Å². The van der Waals surface area contributed by atoms with Crippen molar-refractivity contribution in [2.45, 2.75) is 12.8 Å². The lowest BCUT2D eigenvalue weighted by Gasteiger charge is -2.07. The maximum absolute atomic E-state index is 2.39. The highest BCUT2D eigenvalue weighted by atomic mass is 14.4. The molecule has 0 unspecified atom stereocenters. The molecule has 0 radical (unpaired) electrons. The highest BCUT2D eigenvalue weighted by Crippen LogP contribution is 2.49. The van der Waals surface area contributed by atoms with Crippen molar-refractivity contribution in [3.05, 3.63) is 35.5 Å². The fourth-order valence-electron chi connectivity index (χ4n) is 2.44. The number of hydrogen-bond acceptors (Lipinski definition) is 0. The molecule has 1 fully saturated rings. The number of allylic oxidation sites excluding steroid dienone is 6. The van der Waals surface area contributed by atoms with Crippen LogP contribution in [0.25, 0.3) is 0 Å². The quantitative estimate of drug-likeness (QED) is 0.442. The molecule has 2 atom stereocenters. The Morgan fingerprint density at radius 1 is 1.00 bits per heavy atom. The topological polar surface area (TPSA) is 0 Å². The molecular weight excluding hydrogens is 120 g/mol. The van der Waals surface area contributed by atoms with Crippen LogP contribution in [0.5, 0.6) is 0 Å². The van der Waals surface area contributed by atoms with Crippen molar-refractivity contribution in [3.63, 3.8) is 0 Å². The van der Waals surface area contributed by atoms with Crippen LogP contribution < -0.4 is 0 Å². The Balaban J connectivity index is 2.22. The van der Waals surface area contributed by atoms with Gasteiger partial charge < -0.3 is 0 Å². The monoisotopic (exact) mass is 130 g/mol. The third kappa shape index (κ3) is 0.406. The molecule has 3 aliphatic carbocycles. The third-order valence-electron chi connectivity index (χ3n) is 2.89. The van der Waals surface area contributed by atoms with Crippen molar-refractivity contribution in [1.82, 2.24) is 0 Å². The molecule has 0 heteroatoms. The Hall–Kier alpha value is -0.780. The Morgan fingerprint density at radius 3 is 2.20 bits per heavy atom. The zero-order valence-electron chi connectivity index (χ0n) is 5.88. The standard InChI is InChI=1S/C10H10/c1-2-9-7-4-5-8(6-7)10(9)3-1/h2-5,7-8H,1,6H2/t7-,8+. The summed E-state index contributed by atoms with van der Waals surface area (Å²) in [4.78, 5) is 0. The lowest BCUT2D eigenvalue weighted by Crippen LogP contribution is -1.92. The molecule has 0 heterocycles. The Labute approximate surface area is 60.9 Å². The van der Waals surface area contributed by atoms with E-state index >= 15 is 0 Å². The van der Waals surface area contributed by atoms with E-state index in [-0.39, 0.29) is 0 Å². The van der Waals surface area contributed by atoms with Gasteiger partial charge in [-0.1, -0.05) is 24.3 Å². The summed E-state index contributed by atoms with van der Waals surface area (Å²) in [5.74, 6) is 1.61. The van der Waals surface area contributed by atoms with Crippen molar-refractivity contribution in [2.75, 3.05) is 0 Å². The first-order valence-electron chi connectivity index (χ1n) is 4.04. The van der Waals surface area contributed by atoms with Crippen LogP contribution >= 0.6 is 0 Å². The summed E-state index contributed by atoms with van der Waals surface area (Å²) in [6.45, 7) is 0. The fourth-order valence-corrected chi connectivity index (χ4v) is 2.44. The SMILES string of the molecule is C1=C[C@H]2C[C@@H]1C1=CCC=C12. The Bertz CT molecular complexity index is 240. The van der Waals surface area contributed by atoms with Crippen LogP contribution in [0.2, 0.25) is 0 Å². The molecule has 10 heavy (non-hydrogen) atoms. The minimum Gasteiger partial charge on any atom is -0.0804 e. The van der Waals surface area contributed by atoms with Gasteiger partial charge in [0.2, 0.25) is 0 Å². The summed E-state index contributed by atoms with van der Waals surface area (Å²) in [6.07, 6.45) is 12.1. The maximum atomic E-state index is 2.39. The van der Waals surface area contributed by atoms with Crippen LogP contribution in [0.4, 0.5) is 0 Å². The van der Waals surface area contributed by atoms with Gasteiger partial charge in [-0.15, -0.1) is 0 Å². The van der Waals surface area contributed by atoms with Gasteiger partial charge in [-0.25, -0.2) is 0 Å². The first-order chi connectivity index (χ1) is 4.95. The van der Waals surface area contributed by atoms with Gasteiger partial charge in [0.25, 0.3) is 0 Å². The van der Waals surface area contributed by atoms with E-state index in [0.717, 1.165) is 11.8 Å². The minimum atomic E-state index is 0.804. The van der Waals surface area contributed by atoms with Crippen LogP contribution in [-0.4, -0.2) is 0 Å². The number of fused-ring (bicyclic) bond motifs is 5. The normalized spacial score (nSPS) is 40.0. The molecule has 0 saturated heterocycles. The molecule has 0 amide bonds. The molecule has 3 aliphatic rings. The smallest absolute Gasteiger partial charge is 0.00267 e. The zero-order valence-corrected chi connectivity index (χ0v) is 5.88. The summed E-state index contributed by atoms with van der Waals surface area (Å²) >= 11 is 0. The highest BCUT2D eigenvalue weighted by molar-refractivity contribution is 5.51. The van der Waals surface area contributed by atoms with Crippen molar-refractivity contribution in [1.29, 1.82) is 0 Å². The van der Waals surface area contributed by atoms with E-state index in [4.69, 9.17) is 0 Å². The molecule has 2 bridgehead atoms. The average Bonchev–Trinajstić information content (AvgIpc) is 2.60. The lowest BCUT2D eigenvalue weighted by molar-refractivity contribution is 0.731. The molecular formula is C10H10. The van der Waals surface area contributed by atoms with E-state index in [1.165, 1.54) is 12.8 Å². The van der Waals surface area contributed by atoms with E-state index < -0.39 is 0 Å². The number of hydrogen-bond donors (Lipinski definition) is 0. The molecule has 0 aliphatic heterocycles. The van der Waals surface area contributed by atoms with Crippen LogP contribution in [0.15, 0.2) is 35.5 Å². The second-order valence-electron chi connectivity index (χ2n) is 3.39. The predicted molar refractivity (Wildman–Crippen MR) is 41.5 cm³/mol. The second kappa shape index (κ2) is 1.45. The summed E-state index contributed by atoms with van der Waals surface area (Å²) in [5.41, 5.74) is 3.29. The lowest BCUT2D eigenvalue weighted by atomic mass is 9.98.